The largest absolute Gasteiger partial charge is 0.324 e. The number of carbonyl (C=O) groups excluding carboxylic acids is 3. The maximum Gasteiger partial charge on any atom is 0.272 e. The van der Waals surface area contributed by atoms with Gasteiger partial charge in [0.15, 0.2) is 0 Å². The van der Waals surface area contributed by atoms with Crippen LogP contribution in [0.5, 0.6) is 0 Å². The summed E-state index contributed by atoms with van der Waals surface area (Å²) >= 11 is 13.3. The van der Waals surface area contributed by atoms with E-state index in [1.807, 2.05) is 0 Å². The molecule has 4 aromatic rings. The second kappa shape index (κ2) is 13.8. The van der Waals surface area contributed by atoms with Crippen LogP contribution in [0.1, 0.15) is 15.9 Å². The summed E-state index contributed by atoms with van der Waals surface area (Å²) in [5.74, 6) is -1.67. The fraction of sp³-hybridized carbons (Fsp3) is 0.0333. The van der Waals surface area contributed by atoms with Crippen molar-refractivity contribution in [3.05, 3.63) is 130 Å². The van der Waals surface area contributed by atoms with Gasteiger partial charge in [-0.25, -0.2) is 4.39 Å². The molecule has 10 heteroatoms. The van der Waals surface area contributed by atoms with E-state index in [-0.39, 0.29) is 17.4 Å². The second-order valence-electron chi connectivity index (χ2n) is 8.37. The highest BCUT2D eigenvalue weighted by molar-refractivity contribution is 8.00. The quantitative estimate of drug-likeness (QED) is 0.141. The van der Waals surface area contributed by atoms with Crippen LogP contribution in [0.4, 0.5) is 15.8 Å². The van der Waals surface area contributed by atoms with Crippen LogP contribution in [-0.4, -0.2) is 23.5 Å². The summed E-state index contributed by atoms with van der Waals surface area (Å²) in [4.78, 5) is 39.2. The molecule has 4 rings (SSSR count). The van der Waals surface area contributed by atoms with Gasteiger partial charge in [-0.2, -0.15) is 0 Å². The van der Waals surface area contributed by atoms with Crippen molar-refractivity contribution in [2.24, 2.45) is 0 Å². The summed E-state index contributed by atoms with van der Waals surface area (Å²) in [5, 5.41) is 8.95. The molecule has 0 atom stereocenters. The van der Waals surface area contributed by atoms with Crippen LogP contribution in [0.25, 0.3) is 6.08 Å². The monoisotopic (exact) mass is 593 g/mol. The Hall–Kier alpha value is -4.11. The summed E-state index contributed by atoms with van der Waals surface area (Å²) in [6, 6.07) is 25.7. The Kier molecular flexibility index (Phi) is 9.96. The van der Waals surface area contributed by atoms with Gasteiger partial charge in [0.05, 0.1) is 16.5 Å². The van der Waals surface area contributed by atoms with Crippen molar-refractivity contribution >= 4 is 70.1 Å². The highest BCUT2D eigenvalue weighted by Crippen LogP contribution is 2.27. The number of benzene rings is 4. The average molecular weight is 594 g/mol. The van der Waals surface area contributed by atoms with Crippen molar-refractivity contribution in [2.75, 3.05) is 16.4 Å². The molecule has 0 heterocycles. The minimum atomic E-state index is -0.580. The third kappa shape index (κ3) is 8.44. The van der Waals surface area contributed by atoms with E-state index in [9.17, 15) is 18.8 Å². The van der Waals surface area contributed by atoms with Crippen LogP contribution < -0.4 is 16.0 Å². The zero-order chi connectivity index (χ0) is 28.5. The topological polar surface area (TPSA) is 87.3 Å². The molecule has 0 aliphatic heterocycles. The molecule has 6 nitrogen and oxygen atoms in total. The first-order valence-corrected chi connectivity index (χ1v) is 13.6. The first kappa shape index (κ1) is 28.9. The van der Waals surface area contributed by atoms with Crippen LogP contribution in [0.15, 0.2) is 108 Å². The van der Waals surface area contributed by atoms with E-state index >= 15 is 0 Å². The lowest BCUT2D eigenvalue weighted by atomic mass is 10.1. The molecule has 0 aromatic heterocycles. The van der Waals surface area contributed by atoms with E-state index in [1.165, 1.54) is 42.1 Å². The Balaban J connectivity index is 1.45. The SMILES string of the molecule is O=C(CSc1cccc(NC(=O)/C(=C\c2ccc(F)cc2)NC(=O)c2ccccc2)c1)Nc1cc(Cl)ccc1Cl. The van der Waals surface area contributed by atoms with Gasteiger partial charge in [0.2, 0.25) is 5.91 Å². The summed E-state index contributed by atoms with van der Waals surface area (Å²) in [5.41, 5.74) is 1.73. The van der Waals surface area contributed by atoms with Gasteiger partial charge in [-0.1, -0.05) is 59.6 Å². The van der Waals surface area contributed by atoms with Crippen molar-refractivity contribution in [3.8, 4) is 0 Å². The zero-order valence-electron chi connectivity index (χ0n) is 20.8. The predicted octanol–water partition coefficient (Wildman–Crippen LogP) is 7.27. The van der Waals surface area contributed by atoms with Gasteiger partial charge in [0.1, 0.15) is 11.5 Å². The molecule has 0 aliphatic carbocycles. The average Bonchev–Trinajstić information content (AvgIpc) is 2.95. The summed E-state index contributed by atoms with van der Waals surface area (Å²) in [6.45, 7) is 0. The van der Waals surface area contributed by atoms with Crippen LogP contribution >= 0.6 is 35.0 Å². The Labute approximate surface area is 244 Å². The molecule has 202 valence electrons. The molecule has 0 fully saturated rings. The van der Waals surface area contributed by atoms with Crippen LogP contribution in [0.3, 0.4) is 0 Å². The number of hydrogen-bond donors (Lipinski definition) is 3. The van der Waals surface area contributed by atoms with Crippen LogP contribution in [0, 0.1) is 5.82 Å². The molecule has 0 saturated heterocycles. The van der Waals surface area contributed by atoms with Crippen molar-refractivity contribution < 1.29 is 18.8 Å². The second-order valence-corrected chi connectivity index (χ2v) is 10.3. The third-order valence-electron chi connectivity index (χ3n) is 5.37. The minimum absolute atomic E-state index is 0.0312. The highest BCUT2D eigenvalue weighted by atomic mass is 35.5. The smallest absolute Gasteiger partial charge is 0.272 e. The van der Waals surface area contributed by atoms with Gasteiger partial charge < -0.3 is 16.0 Å². The molecule has 0 spiro atoms. The number of rotatable bonds is 9. The molecule has 0 bridgehead atoms. The van der Waals surface area contributed by atoms with Gasteiger partial charge in [0, 0.05) is 21.2 Å². The van der Waals surface area contributed by atoms with Crippen molar-refractivity contribution in [3.63, 3.8) is 0 Å². The highest BCUT2D eigenvalue weighted by Gasteiger charge is 2.16. The molecule has 4 aromatic carbocycles. The van der Waals surface area contributed by atoms with Crippen LogP contribution in [0.2, 0.25) is 10.0 Å². The number of anilines is 2. The third-order valence-corrected chi connectivity index (χ3v) is 6.93. The van der Waals surface area contributed by atoms with Gasteiger partial charge >= 0.3 is 0 Å². The predicted molar refractivity (Wildman–Crippen MR) is 159 cm³/mol. The van der Waals surface area contributed by atoms with Crippen molar-refractivity contribution in [2.45, 2.75) is 4.90 Å². The van der Waals surface area contributed by atoms with E-state index in [1.54, 1.807) is 72.8 Å². The molecule has 40 heavy (non-hydrogen) atoms. The Morgan fingerprint density at radius 2 is 1.57 bits per heavy atom. The van der Waals surface area contributed by atoms with Gasteiger partial charge in [-0.3, -0.25) is 14.4 Å². The van der Waals surface area contributed by atoms with E-state index in [0.717, 1.165) is 4.90 Å². The van der Waals surface area contributed by atoms with E-state index in [2.05, 4.69) is 16.0 Å². The standard InChI is InChI=1S/C30H22Cl2FN3O3S/c31-21-11-14-25(32)26(16-21)35-28(37)18-40-24-8-4-7-23(17-24)34-30(39)27(15-19-9-12-22(33)13-10-19)36-29(38)20-5-2-1-3-6-20/h1-17H,18H2,(H,34,39)(H,35,37)(H,36,38)/b27-15+. The van der Waals surface area contributed by atoms with E-state index in [0.29, 0.717) is 32.5 Å². The van der Waals surface area contributed by atoms with Crippen molar-refractivity contribution in [1.82, 2.24) is 5.32 Å². The molecule has 3 amide bonds. The molecular weight excluding hydrogens is 572 g/mol. The number of carbonyl (C=O) groups is 3. The number of amides is 3. The summed E-state index contributed by atoms with van der Waals surface area (Å²) in [6.07, 6.45) is 1.46. The minimum Gasteiger partial charge on any atom is -0.324 e. The maximum atomic E-state index is 13.4. The number of hydrogen-bond acceptors (Lipinski definition) is 4. The molecule has 0 aliphatic rings. The maximum absolute atomic E-state index is 13.4. The number of halogens is 3. The molecule has 0 unspecified atom stereocenters. The summed E-state index contributed by atoms with van der Waals surface area (Å²) in [7, 11) is 0. The first-order chi connectivity index (χ1) is 19.3. The normalized spacial score (nSPS) is 11.0. The van der Waals surface area contributed by atoms with Crippen LogP contribution in [-0.2, 0) is 9.59 Å². The van der Waals surface area contributed by atoms with Gasteiger partial charge in [0.25, 0.3) is 11.8 Å². The lowest BCUT2D eigenvalue weighted by Gasteiger charge is -2.12. The summed E-state index contributed by atoms with van der Waals surface area (Å²) < 4.78 is 13.4. The Morgan fingerprint density at radius 3 is 2.33 bits per heavy atom. The van der Waals surface area contributed by atoms with E-state index < -0.39 is 17.6 Å². The lowest BCUT2D eigenvalue weighted by molar-refractivity contribution is -0.114. The Morgan fingerprint density at radius 1 is 0.825 bits per heavy atom. The van der Waals surface area contributed by atoms with Crippen molar-refractivity contribution in [1.29, 1.82) is 0 Å². The molecule has 0 radical (unpaired) electrons. The van der Waals surface area contributed by atoms with Gasteiger partial charge in [-0.15, -0.1) is 11.8 Å². The fourth-order valence-corrected chi connectivity index (χ4v) is 4.55. The van der Waals surface area contributed by atoms with E-state index in [4.69, 9.17) is 23.2 Å². The van der Waals surface area contributed by atoms with Gasteiger partial charge in [-0.05, 0) is 72.3 Å². The number of thioether (sulfide) groups is 1. The first-order valence-electron chi connectivity index (χ1n) is 11.9. The zero-order valence-corrected chi connectivity index (χ0v) is 23.1. The molecular formula is C30H22Cl2FN3O3S. The molecule has 0 saturated carbocycles. The molecule has 3 N–H and O–H groups in total. The number of nitrogens with one attached hydrogen (secondary N) is 3. The fourth-order valence-electron chi connectivity index (χ4n) is 3.46. The Bertz CT molecular complexity index is 1560. The lowest BCUT2D eigenvalue weighted by Crippen LogP contribution is -2.30.